The van der Waals surface area contributed by atoms with Crippen molar-refractivity contribution in [2.45, 2.75) is 18.9 Å². The third-order valence-electron chi connectivity index (χ3n) is 3.33. The zero-order chi connectivity index (χ0) is 15.7. The first-order valence-electron chi connectivity index (χ1n) is 6.68. The summed E-state index contributed by atoms with van der Waals surface area (Å²) in [5, 5.41) is 16.6. The molecule has 0 radical (unpaired) electrons. The van der Waals surface area contributed by atoms with Gasteiger partial charge in [0.25, 0.3) is 0 Å². The first-order valence-corrected chi connectivity index (χ1v) is 6.68. The van der Waals surface area contributed by atoms with E-state index in [1.54, 1.807) is 30.2 Å². The summed E-state index contributed by atoms with van der Waals surface area (Å²) in [6.07, 6.45) is -0.153. The van der Waals surface area contributed by atoms with Gasteiger partial charge in [0.15, 0.2) is 11.5 Å². The predicted molar refractivity (Wildman–Crippen MR) is 72.5 cm³/mol. The normalized spacial score (nSPS) is 16.7. The average Bonchev–Trinajstić information content (AvgIpc) is 3.00. The topological polar surface area (TPSA) is 68.5 Å². The van der Waals surface area contributed by atoms with Crippen LogP contribution in [0.2, 0.25) is 0 Å². The molecule has 2 heterocycles. The van der Waals surface area contributed by atoms with Crippen molar-refractivity contribution >= 4 is 0 Å². The largest absolute Gasteiger partial charge is 0.586 e. The third-order valence-corrected chi connectivity index (χ3v) is 3.33. The second-order valence-corrected chi connectivity index (χ2v) is 5.01. The van der Waals surface area contributed by atoms with Crippen LogP contribution in [-0.2, 0) is 13.6 Å². The third kappa shape index (κ3) is 3.02. The first kappa shape index (κ1) is 14.7. The van der Waals surface area contributed by atoms with Gasteiger partial charge in [-0.15, -0.1) is 8.78 Å². The molecule has 3 rings (SSSR count). The molecule has 2 aromatic rings. The van der Waals surface area contributed by atoms with Crippen LogP contribution in [0.25, 0.3) is 0 Å². The summed E-state index contributed by atoms with van der Waals surface area (Å²) < 4.78 is 36.3. The van der Waals surface area contributed by atoms with Crippen molar-refractivity contribution in [3.05, 3.63) is 41.7 Å². The summed E-state index contributed by atoms with van der Waals surface area (Å²) in [5.74, 6) is 0.0194. The predicted octanol–water partition coefficient (Wildman–Crippen LogP) is 1.56. The minimum atomic E-state index is -3.61. The molecule has 0 saturated carbocycles. The number of aryl methyl sites for hydroxylation is 1. The van der Waals surface area contributed by atoms with Gasteiger partial charge in [-0.05, 0) is 17.7 Å². The molecular weight excluding hydrogens is 296 g/mol. The lowest BCUT2D eigenvalue weighted by molar-refractivity contribution is -0.286. The van der Waals surface area contributed by atoms with E-state index in [0.29, 0.717) is 6.54 Å². The summed E-state index contributed by atoms with van der Waals surface area (Å²) in [6.45, 7) is 0.274. The van der Waals surface area contributed by atoms with E-state index in [9.17, 15) is 13.9 Å². The number of aliphatic hydroxyl groups excluding tert-OH is 1. The summed E-state index contributed by atoms with van der Waals surface area (Å²) in [4.78, 5) is 0. The molecule has 118 valence electrons. The molecule has 2 N–H and O–H groups in total. The molecule has 1 aromatic carbocycles. The van der Waals surface area contributed by atoms with Crippen LogP contribution in [0.3, 0.4) is 0 Å². The zero-order valence-electron chi connectivity index (χ0n) is 11.8. The Morgan fingerprint density at radius 2 is 2.14 bits per heavy atom. The van der Waals surface area contributed by atoms with E-state index >= 15 is 0 Å². The maximum atomic E-state index is 13.0. The van der Waals surface area contributed by atoms with Gasteiger partial charge >= 0.3 is 6.29 Å². The number of alkyl halides is 2. The average molecular weight is 311 g/mol. The number of benzene rings is 1. The van der Waals surface area contributed by atoms with Gasteiger partial charge in [-0.1, -0.05) is 6.07 Å². The molecule has 6 nitrogen and oxygen atoms in total. The van der Waals surface area contributed by atoms with Crippen LogP contribution >= 0.6 is 0 Å². The van der Waals surface area contributed by atoms with Crippen LogP contribution in [0.15, 0.2) is 30.6 Å². The van der Waals surface area contributed by atoms with E-state index in [1.165, 1.54) is 12.1 Å². The quantitative estimate of drug-likeness (QED) is 0.877. The van der Waals surface area contributed by atoms with Crippen molar-refractivity contribution in [2.75, 3.05) is 6.61 Å². The standard InChI is InChI=1S/C14H15F2N3O3/c1-19-7-10(6-18-19)11(8-20)17-5-9-2-3-12-13(4-9)22-14(15,16)21-12/h2-4,6-7,11,17,20H,5,8H2,1H3/t11-/m0/s1. The number of ether oxygens (including phenoxy) is 2. The molecule has 8 heteroatoms. The Kier molecular flexibility index (Phi) is 3.71. The lowest BCUT2D eigenvalue weighted by atomic mass is 10.1. The fourth-order valence-electron chi connectivity index (χ4n) is 2.25. The molecule has 0 amide bonds. The summed E-state index contributed by atoms with van der Waals surface area (Å²) in [5.41, 5.74) is 1.58. The first-order chi connectivity index (χ1) is 10.5. The Balaban J connectivity index is 1.67. The molecule has 0 saturated heterocycles. The zero-order valence-corrected chi connectivity index (χ0v) is 11.8. The molecule has 1 aromatic heterocycles. The summed E-state index contributed by atoms with van der Waals surface area (Å²) in [7, 11) is 1.79. The molecule has 0 fully saturated rings. The lowest BCUT2D eigenvalue weighted by Gasteiger charge is -2.14. The highest BCUT2D eigenvalue weighted by Crippen LogP contribution is 2.41. The number of fused-ring (bicyclic) bond motifs is 1. The minimum Gasteiger partial charge on any atom is -0.395 e. The Morgan fingerprint density at radius 3 is 2.82 bits per heavy atom. The smallest absolute Gasteiger partial charge is 0.395 e. The number of hydrogen-bond donors (Lipinski definition) is 2. The SMILES string of the molecule is Cn1cc([C@H](CO)NCc2ccc3c(c2)OC(F)(F)O3)cn1. The minimum absolute atomic E-state index is 0.00577. The molecule has 0 unspecified atom stereocenters. The number of aromatic nitrogens is 2. The second-order valence-electron chi connectivity index (χ2n) is 5.01. The van der Waals surface area contributed by atoms with Crippen molar-refractivity contribution in [1.82, 2.24) is 15.1 Å². The van der Waals surface area contributed by atoms with Crippen LogP contribution in [0.4, 0.5) is 8.78 Å². The van der Waals surface area contributed by atoms with E-state index in [-0.39, 0.29) is 24.1 Å². The van der Waals surface area contributed by atoms with Gasteiger partial charge < -0.3 is 19.9 Å². The molecule has 0 bridgehead atoms. The van der Waals surface area contributed by atoms with Crippen molar-refractivity contribution in [1.29, 1.82) is 0 Å². The molecular formula is C14H15F2N3O3. The van der Waals surface area contributed by atoms with Crippen LogP contribution in [0, 0.1) is 0 Å². The molecule has 0 spiro atoms. The van der Waals surface area contributed by atoms with E-state index in [1.807, 2.05) is 0 Å². The van der Waals surface area contributed by atoms with Gasteiger partial charge in [0.2, 0.25) is 0 Å². The molecule has 22 heavy (non-hydrogen) atoms. The molecule has 1 atom stereocenters. The van der Waals surface area contributed by atoms with Crippen LogP contribution in [0.1, 0.15) is 17.2 Å². The van der Waals surface area contributed by atoms with Crippen LogP contribution < -0.4 is 14.8 Å². The molecule has 0 aliphatic carbocycles. The second kappa shape index (κ2) is 5.54. The Morgan fingerprint density at radius 1 is 1.36 bits per heavy atom. The van der Waals surface area contributed by atoms with E-state index in [4.69, 9.17) is 0 Å². The Bertz CT molecular complexity index is 675. The Hall–Kier alpha value is -2.19. The van der Waals surface area contributed by atoms with Crippen molar-refractivity contribution < 1.29 is 23.4 Å². The van der Waals surface area contributed by atoms with Crippen LogP contribution in [-0.4, -0.2) is 27.8 Å². The number of aliphatic hydroxyl groups is 1. The van der Waals surface area contributed by atoms with E-state index < -0.39 is 6.29 Å². The lowest BCUT2D eigenvalue weighted by Crippen LogP contribution is -2.26. The van der Waals surface area contributed by atoms with E-state index in [2.05, 4.69) is 19.9 Å². The summed E-state index contributed by atoms with van der Waals surface area (Å²) in [6, 6.07) is 4.29. The van der Waals surface area contributed by atoms with Crippen molar-refractivity contribution in [2.24, 2.45) is 7.05 Å². The van der Waals surface area contributed by atoms with Crippen molar-refractivity contribution in [3.63, 3.8) is 0 Å². The van der Waals surface area contributed by atoms with Gasteiger partial charge in [-0.25, -0.2) is 0 Å². The van der Waals surface area contributed by atoms with Gasteiger partial charge in [-0.2, -0.15) is 5.10 Å². The van der Waals surface area contributed by atoms with Gasteiger partial charge in [0, 0.05) is 25.4 Å². The van der Waals surface area contributed by atoms with E-state index in [0.717, 1.165) is 11.1 Å². The fraction of sp³-hybridized carbons (Fsp3) is 0.357. The number of rotatable bonds is 5. The number of hydrogen-bond acceptors (Lipinski definition) is 5. The van der Waals surface area contributed by atoms with Crippen molar-refractivity contribution in [3.8, 4) is 11.5 Å². The van der Waals surface area contributed by atoms with Gasteiger partial charge in [0.1, 0.15) is 0 Å². The highest BCUT2D eigenvalue weighted by atomic mass is 19.3. The van der Waals surface area contributed by atoms with Gasteiger partial charge in [0.05, 0.1) is 18.8 Å². The summed E-state index contributed by atoms with van der Waals surface area (Å²) >= 11 is 0. The van der Waals surface area contributed by atoms with Crippen LogP contribution in [0.5, 0.6) is 11.5 Å². The monoisotopic (exact) mass is 311 g/mol. The maximum Gasteiger partial charge on any atom is 0.586 e. The fourth-order valence-corrected chi connectivity index (χ4v) is 2.25. The highest BCUT2D eigenvalue weighted by molar-refractivity contribution is 5.45. The molecule has 1 aliphatic heterocycles. The molecule has 1 aliphatic rings. The number of halogens is 2. The maximum absolute atomic E-state index is 13.0. The Labute approximate surface area is 125 Å². The highest BCUT2D eigenvalue weighted by Gasteiger charge is 2.43. The number of nitrogens with one attached hydrogen (secondary N) is 1. The number of nitrogens with zero attached hydrogens (tertiary/aromatic N) is 2. The van der Waals surface area contributed by atoms with Gasteiger partial charge in [-0.3, -0.25) is 4.68 Å².